The first kappa shape index (κ1) is 10.9. The van der Waals surface area contributed by atoms with E-state index in [1.165, 1.54) is 5.57 Å². The third-order valence-corrected chi connectivity index (χ3v) is 1.90. The molecule has 0 aromatic heterocycles. The van der Waals surface area contributed by atoms with Gasteiger partial charge in [-0.2, -0.15) is 0 Å². The summed E-state index contributed by atoms with van der Waals surface area (Å²) in [5, 5.41) is 0.609. The van der Waals surface area contributed by atoms with Gasteiger partial charge in [0.05, 0.1) is 0 Å². The number of para-hydroxylation sites is 1. The number of ether oxygens (including phenoxy) is 1. The molecule has 0 radical (unpaired) electrons. The van der Waals surface area contributed by atoms with Gasteiger partial charge >= 0.3 is 0 Å². The van der Waals surface area contributed by atoms with E-state index in [1.54, 1.807) is 0 Å². The zero-order chi connectivity index (χ0) is 10.4. The van der Waals surface area contributed by atoms with Crippen LogP contribution in [0.4, 0.5) is 0 Å². The average molecular weight is 206 g/mol. The molecule has 1 nitrogen and oxygen atoms in total. The molecule has 0 atom stereocenters. The zero-order valence-electron chi connectivity index (χ0n) is 8.49. The number of rotatable bonds is 3. The lowest BCUT2D eigenvalue weighted by Crippen LogP contribution is -2.03. The molecule has 0 saturated heterocycles. The second kappa shape index (κ2) is 5.55. The molecule has 0 bridgehead atoms. The summed E-state index contributed by atoms with van der Waals surface area (Å²) in [6.45, 7) is 4.09. The molecule has 74 valence electrons. The first-order valence-corrected chi connectivity index (χ1v) is 4.98. The minimum absolute atomic E-state index is 0.609. The monoisotopic (exact) mass is 206 g/mol. The van der Waals surface area contributed by atoms with Crippen LogP contribution in [0.3, 0.4) is 0 Å². The highest BCUT2D eigenvalue weighted by molar-refractivity contribution is 7.80. The molecule has 0 unspecified atom stereocenters. The van der Waals surface area contributed by atoms with Crippen molar-refractivity contribution >= 4 is 17.3 Å². The van der Waals surface area contributed by atoms with Gasteiger partial charge < -0.3 is 4.74 Å². The van der Waals surface area contributed by atoms with Gasteiger partial charge in [-0.3, -0.25) is 0 Å². The van der Waals surface area contributed by atoms with Gasteiger partial charge in [0.1, 0.15) is 5.75 Å². The Labute approximate surface area is 90.4 Å². The van der Waals surface area contributed by atoms with Crippen molar-refractivity contribution in [3.63, 3.8) is 0 Å². The Morgan fingerprint density at radius 1 is 1.29 bits per heavy atom. The SMILES string of the molecule is CC(C)=CCC(=S)Oc1ccccc1. The molecule has 1 rings (SSSR count). The third kappa shape index (κ3) is 4.19. The van der Waals surface area contributed by atoms with E-state index in [9.17, 15) is 0 Å². The maximum Gasteiger partial charge on any atom is 0.171 e. The number of thiocarbonyl (C=S) groups is 1. The smallest absolute Gasteiger partial charge is 0.171 e. The van der Waals surface area contributed by atoms with Crippen LogP contribution in [0.15, 0.2) is 42.0 Å². The Kier molecular flexibility index (Phi) is 4.33. The highest BCUT2D eigenvalue weighted by atomic mass is 32.1. The van der Waals surface area contributed by atoms with Crippen LogP contribution in [-0.4, -0.2) is 5.05 Å². The first-order valence-electron chi connectivity index (χ1n) is 4.57. The Hall–Kier alpha value is -1.15. The van der Waals surface area contributed by atoms with Crippen LogP contribution in [0.1, 0.15) is 20.3 Å². The number of hydrogen-bond donors (Lipinski definition) is 0. The summed E-state index contributed by atoms with van der Waals surface area (Å²) in [7, 11) is 0. The van der Waals surface area contributed by atoms with Gasteiger partial charge in [-0.05, 0) is 38.2 Å². The predicted molar refractivity (Wildman–Crippen MR) is 63.7 cm³/mol. The van der Waals surface area contributed by atoms with Crippen LogP contribution in [0.25, 0.3) is 0 Å². The minimum atomic E-state index is 0.609. The Balaban J connectivity index is 2.46. The van der Waals surface area contributed by atoms with Gasteiger partial charge in [-0.25, -0.2) is 0 Å². The fourth-order valence-electron chi connectivity index (χ4n) is 0.949. The molecule has 0 saturated carbocycles. The predicted octanol–water partition coefficient (Wildman–Crippen LogP) is 3.75. The second-order valence-corrected chi connectivity index (χ2v) is 3.73. The number of hydrogen-bond acceptors (Lipinski definition) is 2. The second-order valence-electron chi connectivity index (χ2n) is 3.27. The molecular formula is C12H14OS. The standard InChI is InChI=1S/C12H14OS/c1-10(2)8-9-12(14)13-11-6-4-3-5-7-11/h3-8H,9H2,1-2H3. The van der Waals surface area contributed by atoms with E-state index in [0.717, 1.165) is 5.75 Å². The van der Waals surface area contributed by atoms with Crippen LogP contribution < -0.4 is 4.74 Å². The molecule has 14 heavy (non-hydrogen) atoms. The summed E-state index contributed by atoms with van der Waals surface area (Å²) >= 11 is 5.09. The lowest BCUT2D eigenvalue weighted by atomic mass is 10.3. The summed E-state index contributed by atoms with van der Waals surface area (Å²) < 4.78 is 5.45. The lowest BCUT2D eigenvalue weighted by molar-refractivity contribution is 0.555. The third-order valence-electron chi connectivity index (χ3n) is 1.65. The molecule has 0 heterocycles. The Morgan fingerprint density at radius 3 is 2.50 bits per heavy atom. The van der Waals surface area contributed by atoms with Crippen LogP contribution in [0, 0.1) is 0 Å². The van der Waals surface area contributed by atoms with Crippen molar-refractivity contribution in [1.29, 1.82) is 0 Å². The Bertz CT molecular complexity index is 323. The van der Waals surface area contributed by atoms with E-state index >= 15 is 0 Å². The van der Waals surface area contributed by atoms with E-state index < -0.39 is 0 Å². The zero-order valence-corrected chi connectivity index (χ0v) is 9.30. The van der Waals surface area contributed by atoms with Crippen molar-refractivity contribution in [3.8, 4) is 5.75 Å². The van der Waals surface area contributed by atoms with Crippen LogP contribution in [0.2, 0.25) is 0 Å². The lowest BCUT2D eigenvalue weighted by Gasteiger charge is -2.04. The van der Waals surface area contributed by atoms with Gasteiger partial charge in [0, 0.05) is 6.42 Å². The van der Waals surface area contributed by atoms with Gasteiger partial charge in [0.15, 0.2) is 5.05 Å². The largest absolute Gasteiger partial charge is 0.450 e. The van der Waals surface area contributed by atoms with Crippen molar-refractivity contribution in [2.45, 2.75) is 20.3 Å². The van der Waals surface area contributed by atoms with E-state index in [0.29, 0.717) is 11.5 Å². The molecule has 0 aliphatic rings. The fraction of sp³-hybridized carbons (Fsp3) is 0.250. The Morgan fingerprint density at radius 2 is 1.93 bits per heavy atom. The maximum absolute atomic E-state index is 5.45. The van der Waals surface area contributed by atoms with Gasteiger partial charge in [-0.1, -0.05) is 29.8 Å². The molecule has 0 amide bonds. The summed E-state index contributed by atoms with van der Waals surface area (Å²) in [6, 6.07) is 9.60. The summed E-state index contributed by atoms with van der Waals surface area (Å²) in [5.74, 6) is 0.805. The van der Waals surface area contributed by atoms with Gasteiger partial charge in [0.25, 0.3) is 0 Å². The van der Waals surface area contributed by atoms with Crippen LogP contribution in [-0.2, 0) is 0 Å². The summed E-state index contributed by atoms with van der Waals surface area (Å²) in [5.41, 5.74) is 1.25. The van der Waals surface area contributed by atoms with Crippen molar-refractivity contribution in [3.05, 3.63) is 42.0 Å². The van der Waals surface area contributed by atoms with Gasteiger partial charge in [0.2, 0.25) is 0 Å². The topological polar surface area (TPSA) is 9.23 Å². The normalized spacial score (nSPS) is 9.29. The fourth-order valence-corrected chi connectivity index (χ4v) is 1.13. The van der Waals surface area contributed by atoms with E-state index in [2.05, 4.69) is 6.08 Å². The summed E-state index contributed by atoms with van der Waals surface area (Å²) in [4.78, 5) is 0. The highest BCUT2D eigenvalue weighted by Crippen LogP contribution is 2.10. The molecule has 1 aromatic rings. The minimum Gasteiger partial charge on any atom is -0.450 e. The van der Waals surface area contributed by atoms with Crippen LogP contribution >= 0.6 is 12.2 Å². The quantitative estimate of drug-likeness (QED) is 0.550. The van der Waals surface area contributed by atoms with Gasteiger partial charge in [-0.15, -0.1) is 0 Å². The van der Waals surface area contributed by atoms with Crippen LogP contribution in [0.5, 0.6) is 5.75 Å². The van der Waals surface area contributed by atoms with Crippen molar-refractivity contribution in [2.75, 3.05) is 0 Å². The molecular weight excluding hydrogens is 192 g/mol. The number of allylic oxidation sites excluding steroid dienone is 1. The maximum atomic E-state index is 5.45. The van der Waals surface area contributed by atoms with Crippen molar-refractivity contribution < 1.29 is 4.74 Å². The highest BCUT2D eigenvalue weighted by Gasteiger charge is 1.96. The molecule has 1 aromatic carbocycles. The molecule has 0 fully saturated rings. The molecule has 0 aliphatic heterocycles. The summed E-state index contributed by atoms with van der Waals surface area (Å²) in [6.07, 6.45) is 2.76. The molecule has 2 heteroatoms. The van der Waals surface area contributed by atoms with E-state index in [-0.39, 0.29) is 0 Å². The van der Waals surface area contributed by atoms with E-state index in [1.807, 2.05) is 44.2 Å². The molecule has 0 N–H and O–H groups in total. The van der Waals surface area contributed by atoms with Crippen molar-refractivity contribution in [1.82, 2.24) is 0 Å². The van der Waals surface area contributed by atoms with Crippen molar-refractivity contribution in [2.24, 2.45) is 0 Å². The average Bonchev–Trinajstić information content (AvgIpc) is 2.16. The van der Waals surface area contributed by atoms with E-state index in [4.69, 9.17) is 17.0 Å². The molecule has 0 aliphatic carbocycles. The first-order chi connectivity index (χ1) is 6.68. The molecule has 0 spiro atoms. The number of benzene rings is 1.